The van der Waals surface area contributed by atoms with E-state index in [1.54, 1.807) is 24.3 Å². The molecule has 3 aromatic carbocycles. The predicted molar refractivity (Wildman–Crippen MR) is 171 cm³/mol. The minimum Gasteiger partial charge on any atom is -0.445 e. The second-order valence-corrected chi connectivity index (χ2v) is 11.7. The number of hydrogen-bond acceptors (Lipinski definition) is 5. The number of aryl methyl sites for hydroxylation is 1. The highest BCUT2D eigenvalue weighted by atomic mass is 16.5. The Labute approximate surface area is 262 Å². The maximum atomic E-state index is 14.1. The largest absolute Gasteiger partial charge is 0.445 e. The van der Waals surface area contributed by atoms with Crippen LogP contribution in [-0.2, 0) is 40.3 Å². The molecule has 1 aliphatic carbocycles. The van der Waals surface area contributed by atoms with Gasteiger partial charge in [0.2, 0.25) is 17.7 Å². The Bertz CT molecular complexity index is 1700. The van der Waals surface area contributed by atoms with Gasteiger partial charge in [-0.2, -0.15) is 0 Å². The van der Waals surface area contributed by atoms with Crippen LogP contribution in [0.15, 0.2) is 78.9 Å². The Balaban J connectivity index is 1.39. The van der Waals surface area contributed by atoms with Crippen molar-refractivity contribution in [3.63, 3.8) is 0 Å². The van der Waals surface area contributed by atoms with E-state index in [0.717, 1.165) is 27.7 Å². The van der Waals surface area contributed by atoms with Crippen LogP contribution >= 0.6 is 0 Å². The highest BCUT2D eigenvalue weighted by Crippen LogP contribution is 2.34. The third kappa shape index (κ3) is 7.17. The van der Waals surface area contributed by atoms with Gasteiger partial charge >= 0.3 is 6.09 Å². The zero-order valence-electron chi connectivity index (χ0n) is 25.5. The van der Waals surface area contributed by atoms with Gasteiger partial charge in [0.1, 0.15) is 18.2 Å². The fourth-order valence-electron chi connectivity index (χ4n) is 5.85. The molecule has 0 spiro atoms. The zero-order chi connectivity index (χ0) is 32.0. The monoisotopic (exact) mass is 609 g/mol. The van der Waals surface area contributed by atoms with E-state index in [1.165, 1.54) is 0 Å². The maximum absolute atomic E-state index is 14.1. The molecule has 0 saturated carbocycles. The quantitative estimate of drug-likeness (QED) is 0.172. The molecular formula is C35H39N5O5. The first-order valence-electron chi connectivity index (χ1n) is 15.2. The van der Waals surface area contributed by atoms with E-state index in [9.17, 15) is 19.2 Å². The predicted octanol–water partition coefficient (Wildman–Crippen LogP) is 4.27. The molecule has 10 nitrogen and oxygen atoms in total. The fourth-order valence-corrected chi connectivity index (χ4v) is 5.85. The van der Waals surface area contributed by atoms with Crippen LogP contribution in [0.3, 0.4) is 0 Å². The normalized spacial score (nSPS) is 17.0. The minimum atomic E-state index is -1.29. The lowest BCUT2D eigenvalue weighted by Gasteiger charge is -2.38. The van der Waals surface area contributed by atoms with Gasteiger partial charge in [-0.25, -0.2) is 4.79 Å². The van der Waals surface area contributed by atoms with Crippen molar-refractivity contribution in [2.75, 3.05) is 0 Å². The van der Waals surface area contributed by atoms with Crippen LogP contribution in [-0.4, -0.2) is 40.4 Å². The van der Waals surface area contributed by atoms with Crippen LogP contribution in [0, 0.1) is 5.92 Å². The van der Waals surface area contributed by atoms with Crippen LogP contribution in [0.1, 0.15) is 59.4 Å². The molecule has 1 aromatic heterocycles. The van der Waals surface area contributed by atoms with Gasteiger partial charge in [0.05, 0.1) is 0 Å². The SMILES string of the molecule is CC[C@H](C)[C@H](NC(=O)OCc1ccccc1)C(=O)N[C@]1(C(=O)NCc2cccc(C(N)=O)c2)CCc2[nH]c3ccccc3c2C1. The molecule has 0 unspecified atom stereocenters. The van der Waals surface area contributed by atoms with Crippen LogP contribution in [0.25, 0.3) is 10.9 Å². The lowest BCUT2D eigenvalue weighted by molar-refractivity contribution is -0.135. The van der Waals surface area contributed by atoms with Crippen molar-refractivity contribution < 1.29 is 23.9 Å². The molecular weight excluding hydrogens is 570 g/mol. The Morgan fingerprint density at radius 1 is 0.978 bits per heavy atom. The maximum Gasteiger partial charge on any atom is 0.408 e. The number of para-hydroxylation sites is 1. The molecule has 1 aliphatic rings. The number of ether oxygens (including phenoxy) is 1. The van der Waals surface area contributed by atoms with Gasteiger partial charge in [-0.05, 0) is 53.6 Å². The number of amides is 4. The molecule has 10 heteroatoms. The van der Waals surface area contributed by atoms with E-state index in [2.05, 4.69) is 20.9 Å². The van der Waals surface area contributed by atoms with E-state index in [4.69, 9.17) is 10.5 Å². The number of alkyl carbamates (subject to hydrolysis) is 1. The van der Waals surface area contributed by atoms with Crippen LogP contribution in [0.5, 0.6) is 0 Å². The van der Waals surface area contributed by atoms with Crippen LogP contribution in [0.4, 0.5) is 4.79 Å². The van der Waals surface area contributed by atoms with Crippen LogP contribution < -0.4 is 21.7 Å². The second kappa shape index (κ2) is 13.7. The highest BCUT2D eigenvalue weighted by molar-refractivity contribution is 5.96. The molecule has 4 aromatic rings. The van der Waals surface area contributed by atoms with E-state index in [-0.39, 0.29) is 31.4 Å². The van der Waals surface area contributed by atoms with Gasteiger partial charge in [0.15, 0.2) is 0 Å². The first-order valence-corrected chi connectivity index (χ1v) is 15.2. The zero-order valence-corrected chi connectivity index (χ0v) is 25.5. The van der Waals surface area contributed by atoms with E-state index in [1.807, 2.05) is 68.4 Å². The number of rotatable bonds is 11. The lowest BCUT2D eigenvalue weighted by Crippen LogP contribution is -2.65. The molecule has 5 rings (SSSR count). The number of carbonyl (C=O) groups excluding carboxylic acids is 4. The van der Waals surface area contributed by atoms with Gasteiger partial charge in [-0.15, -0.1) is 0 Å². The van der Waals surface area contributed by atoms with Crippen molar-refractivity contribution in [1.82, 2.24) is 20.9 Å². The van der Waals surface area contributed by atoms with Gasteiger partial charge in [-0.3, -0.25) is 14.4 Å². The number of aromatic amines is 1. The highest BCUT2D eigenvalue weighted by Gasteiger charge is 2.45. The second-order valence-electron chi connectivity index (χ2n) is 11.7. The Hall–Kier alpha value is -5.12. The van der Waals surface area contributed by atoms with Crippen LogP contribution in [0.2, 0.25) is 0 Å². The summed E-state index contributed by atoms with van der Waals surface area (Å²) in [5.41, 5.74) is 8.98. The van der Waals surface area contributed by atoms with Crippen molar-refractivity contribution >= 4 is 34.7 Å². The Kier molecular flexibility index (Phi) is 9.51. The lowest BCUT2D eigenvalue weighted by atomic mass is 9.78. The van der Waals surface area contributed by atoms with Gasteiger partial charge in [-0.1, -0.05) is 80.9 Å². The van der Waals surface area contributed by atoms with Crippen molar-refractivity contribution in [1.29, 1.82) is 0 Å². The van der Waals surface area contributed by atoms with Crippen molar-refractivity contribution in [2.45, 2.75) is 64.3 Å². The van der Waals surface area contributed by atoms with E-state index in [0.29, 0.717) is 30.4 Å². The molecule has 0 fully saturated rings. The summed E-state index contributed by atoms with van der Waals surface area (Å²) in [6, 6.07) is 23.0. The van der Waals surface area contributed by atoms with Crippen molar-refractivity contribution in [2.24, 2.45) is 11.7 Å². The molecule has 4 amide bonds. The number of nitrogens with one attached hydrogen (secondary N) is 4. The molecule has 0 bridgehead atoms. The summed E-state index contributed by atoms with van der Waals surface area (Å²) in [5, 5.41) is 9.81. The fraction of sp³-hybridized carbons (Fsp3) is 0.314. The molecule has 0 aliphatic heterocycles. The molecule has 6 N–H and O–H groups in total. The molecule has 45 heavy (non-hydrogen) atoms. The first kappa shape index (κ1) is 31.3. The number of nitrogens with two attached hydrogens (primary N) is 1. The van der Waals surface area contributed by atoms with E-state index < -0.39 is 29.5 Å². The number of fused-ring (bicyclic) bond motifs is 3. The summed E-state index contributed by atoms with van der Waals surface area (Å²) in [6.45, 7) is 4.01. The molecule has 0 radical (unpaired) electrons. The number of aromatic nitrogens is 1. The van der Waals surface area contributed by atoms with Crippen molar-refractivity contribution in [3.05, 3.63) is 107 Å². The summed E-state index contributed by atoms with van der Waals surface area (Å²) < 4.78 is 5.42. The van der Waals surface area contributed by atoms with Crippen molar-refractivity contribution in [3.8, 4) is 0 Å². The van der Waals surface area contributed by atoms with Gasteiger partial charge in [0.25, 0.3) is 0 Å². The molecule has 234 valence electrons. The summed E-state index contributed by atoms with van der Waals surface area (Å²) in [6.07, 6.45) is 1.04. The molecule has 1 heterocycles. The average Bonchev–Trinajstić information content (AvgIpc) is 3.43. The summed E-state index contributed by atoms with van der Waals surface area (Å²) in [4.78, 5) is 56.1. The Morgan fingerprint density at radius 3 is 2.47 bits per heavy atom. The third-order valence-corrected chi connectivity index (χ3v) is 8.63. The summed E-state index contributed by atoms with van der Waals surface area (Å²) in [5.74, 6) is -1.61. The molecule has 0 saturated heterocycles. The summed E-state index contributed by atoms with van der Waals surface area (Å²) >= 11 is 0. The number of carbonyl (C=O) groups is 4. The first-order chi connectivity index (χ1) is 21.7. The molecule has 3 atom stereocenters. The topological polar surface area (TPSA) is 155 Å². The number of hydrogen-bond donors (Lipinski definition) is 5. The average molecular weight is 610 g/mol. The van der Waals surface area contributed by atoms with E-state index >= 15 is 0 Å². The summed E-state index contributed by atoms with van der Waals surface area (Å²) in [7, 11) is 0. The Morgan fingerprint density at radius 2 is 1.71 bits per heavy atom. The van der Waals surface area contributed by atoms with Gasteiger partial charge in [0, 0.05) is 35.1 Å². The minimum absolute atomic E-state index is 0.0636. The number of benzene rings is 3. The number of primary amides is 1. The van der Waals surface area contributed by atoms with Gasteiger partial charge < -0.3 is 31.4 Å². The smallest absolute Gasteiger partial charge is 0.408 e. The standard InChI is InChI=1S/C35H39N5O5/c1-3-22(2)30(39-34(44)45-21-23-10-5-4-6-11-23)32(42)40-35(33(43)37-20-24-12-9-13-25(18-24)31(36)41)17-16-29-27(19-35)26-14-7-8-15-28(26)38-29/h4-15,18,22,30,38H,3,16-17,19-21H2,1-2H3,(H2,36,41)(H,37,43)(H,39,44)(H,40,42)/t22-,30-,35+/m0/s1. The third-order valence-electron chi connectivity index (χ3n) is 8.63. The number of H-pyrrole nitrogens is 1.